The van der Waals surface area contributed by atoms with Gasteiger partial charge in [-0.3, -0.25) is 4.68 Å². The standard InChI is InChI=1S/C20H16N2/c1-2-6-16(7-3-1)15-22-13-12-20(21-22)19-11-10-17-8-4-5-9-18(17)14-19/h1-14H,15H2. The van der Waals surface area contributed by atoms with E-state index in [9.17, 15) is 0 Å². The van der Waals surface area contributed by atoms with Gasteiger partial charge in [0.2, 0.25) is 0 Å². The maximum atomic E-state index is 4.70. The number of fused-ring (bicyclic) bond motifs is 1. The van der Waals surface area contributed by atoms with Gasteiger partial charge in [-0.2, -0.15) is 5.10 Å². The summed E-state index contributed by atoms with van der Waals surface area (Å²) in [5.41, 5.74) is 3.43. The molecule has 106 valence electrons. The minimum absolute atomic E-state index is 0.800. The quantitative estimate of drug-likeness (QED) is 0.531. The van der Waals surface area contributed by atoms with Crippen molar-refractivity contribution in [3.63, 3.8) is 0 Å². The van der Waals surface area contributed by atoms with E-state index in [4.69, 9.17) is 5.10 Å². The number of hydrogen-bond donors (Lipinski definition) is 0. The zero-order valence-electron chi connectivity index (χ0n) is 12.2. The predicted octanol–water partition coefficient (Wildman–Crippen LogP) is 4.75. The highest BCUT2D eigenvalue weighted by Crippen LogP contribution is 2.23. The number of rotatable bonds is 3. The van der Waals surface area contributed by atoms with E-state index < -0.39 is 0 Å². The fourth-order valence-electron chi connectivity index (χ4n) is 2.72. The third kappa shape index (κ3) is 2.51. The predicted molar refractivity (Wildman–Crippen MR) is 90.7 cm³/mol. The van der Waals surface area contributed by atoms with Crippen molar-refractivity contribution in [2.45, 2.75) is 6.54 Å². The molecule has 0 aliphatic heterocycles. The molecule has 0 aliphatic carbocycles. The maximum absolute atomic E-state index is 4.70. The minimum Gasteiger partial charge on any atom is -0.268 e. The van der Waals surface area contributed by atoms with E-state index in [2.05, 4.69) is 72.8 Å². The van der Waals surface area contributed by atoms with Crippen molar-refractivity contribution in [2.75, 3.05) is 0 Å². The highest BCUT2D eigenvalue weighted by atomic mass is 15.3. The van der Waals surface area contributed by atoms with Crippen LogP contribution in [0.25, 0.3) is 22.0 Å². The second kappa shape index (κ2) is 5.49. The summed E-state index contributed by atoms with van der Waals surface area (Å²) in [7, 11) is 0. The first-order valence-corrected chi connectivity index (χ1v) is 7.45. The van der Waals surface area contributed by atoms with Gasteiger partial charge in [-0.25, -0.2) is 0 Å². The van der Waals surface area contributed by atoms with Gasteiger partial charge < -0.3 is 0 Å². The van der Waals surface area contributed by atoms with E-state index in [1.54, 1.807) is 0 Å². The lowest BCUT2D eigenvalue weighted by Gasteiger charge is -2.03. The van der Waals surface area contributed by atoms with Gasteiger partial charge in [-0.1, -0.05) is 66.7 Å². The summed E-state index contributed by atoms with van der Waals surface area (Å²) in [6, 6.07) is 27.4. The molecule has 0 spiro atoms. The van der Waals surface area contributed by atoms with Crippen LogP contribution in [-0.4, -0.2) is 9.78 Å². The first kappa shape index (κ1) is 12.8. The van der Waals surface area contributed by atoms with E-state index in [0.717, 1.165) is 17.8 Å². The zero-order chi connectivity index (χ0) is 14.8. The van der Waals surface area contributed by atoms with Crippen LogP contribution in [0.1, 0.15) is 5.56 Å². The smallest absolute Gasteiger partial charge is 0.0923 e. The van der Waals surface area contributed by atoms with Crippen molar-refractivity contribution >= 4 is 10.8 Å². The Kier molecular flexibility index (Phi) is 3.20. The lowest BCUT2D eigenvalue weighted by atomic mass is 10.1. The van der Waals surface area contributed by atoms with Crippen molar-refractivity contribution in [1.82, 2.24) is 9.78 Å². The molecule has 22 heavy (non-hydrogen) atoms. The molecule has 1 aromatic heterocycles. The van der Waals surface area contributed by atoms with Crippen LogP contribution in [-0.2, 0) is 6.54 Å². The molecule has 2 nitrogen and oxygen atoms in total. The maximum Gasteiger partial charge on any atom is 0.0923 e. The Morgan fingerprint density at radius 3 is 2.36 bits per heavy atom. The van der Waals surface area contributed by atoms with Crippen LogP contribution in [0.3, 0.4) is 0 Å². The van der Waals surface area contributed by atoms with Crippen LogP contribution >= 0.6 is 0 Å². The van der Waals surface area contributed by atoms with Crippen molar-refractivity contribution in [3.05, 3.63) is 90.6 Å². The van der Waals surface area contributed by atoms with E-state index in [-0.39, 0.29) is 0 Å². The second-order valence-electron chi connectivity index (χ2n) is 5.45. The van der Waals surface area contributed by atoms with Crippen molar-refractivity contribution in [2.24, 2.45) is 0 Å². The molecule has 0 aliphatic rings. The molecule has 4 aromatic rings. The average Bonchev–Trinajstić information content (AvgIpc) is 3.04. The third-order valence-electron chi connectivity index (χ3n) is 3.87. The normalized spacial score (nSPS) is 10.9. The van der Waals surface area contributed by atoms with Crippen LogP contribution in [0.15, 0.2) is 85.1 Å². The molecule has 0 amide bonds. The Hall–Kier alpha value is -2.87. The van der Waals surface area contributed by atoms with Crippen LogP contribution < -0.4 is 0 Å². The molecule has 2 heteroatoms. The minimum atomic E-state index is 0.800. The zero-order valence-corrected chi connectivity index (χ0v) is 12.2. The van der Waals surface area contributed by atoms with Crippen LogP contribution in [0, 0.1) is 0 Å². The van der Waals surface area contributed by atoms with Crippen molar-refractivity contribution in [3.8, 4) is 11.3 Å². The molecule has 1 heterocycles. The van der Waals surface area contributed by atoms with Gasteiger partial charge in [0.1, 0.15) is 0 Å². The van der Waals surface area contributed by atoms with Crippen molar-refractivity contribution in [1.29, 1.82) is 0 Å². The molecule has 0 unspecified atom stereocenters. The monoisotopic (exact) mass is 284 g/mol. The Bertz CT molecular complexity index is 907. The second-order valence-corrected chi connectivity index (χ2v) is 5.45. The molecule has 0 atom stereocenters. The summed E-state index contributed by atoms with van der Waals surface area (Å²) < 4.78 is 1.99. The molecule has 0 saturated carbocycles. The molecule has 0 radical (unpaired) electrons. The van der Waals surface area contributed by atoms with E-state index in [1.165, 1.54) is 16.3 Å². The Morgan fingerprint density at radius 1 is 0.727 bits per heavy atom. The highest BCUT2D eigenvalue weighted by Gasteiger charge is 2.04. The van der Waals surface area contributed by atoms with E-state index >= 15 is 0 Å². The number of aromatic nitrogens is 2. The molecular formula is C20H16N2. The van der Waals surface area contributed by atoms with Gasteiger partial charge in [0.05, 0.1) is 12.2 Å². The fraction of sp³-hybridized carbons (Fsp3) is 0.0500. The summed E-state index contributed by atoms with van der Waals surface area (Å²) in [4.78, 5) is 0. The number of hydrogen-bond acceptors (Lipinski definition) is 1. The van der Waals surface area contributed by atoms with Gasteiger partial charge in [-0.15, -0.1) is 0 Å². The van der Waals surface area contributed by atoms with Crippen LogP contribution in [0.2, 0.25) is 0 Å². The first-order chi connectivity index (χ1) is 10.9. The van der Waals surface area contributed by atoms with Gasteiger partial charge in [0.25, 0.3) is 0 Å². The Balaban J connectivity index is 1.65. The molecule has 0 N–H and O–H groups in total. The molecule has 0 bridgehead atoms. The van der Waals surface area contributed by atoms with Crippen LogP contribution in [0.5, 0.6) is 0 Å². The highest BCUT2D eigenvalue weighted by molar-refractivity contribution is 5.86. The van der Waals surface area contributed by atoms with Gasteiger partial charge in [0, 0.05) is 11.8 Å². The lowest BCUT2D eigenvalue weighted by molar-refractivity contribution is 0.689. The fourth-order valence-corrected chi connectivity index (χ4v) is 2.72. The molecule has 4 rings (SSSR count). The Labute approximate surface area is 129 Å². The van der Waals surface area contributed by atoms with E-state index in [1.807, 2.05) is 16.9 Å². The first-order valence-electron chi connectivity index (χ1n) is 7.45. The lowest BCUT2D eigenvalue weighted by Crippen LogP contribution is -1.99. The number of benzene rings is 3. The largest absolute Gasteiger partial charge is 0.268 e. The Morgan fingerprint density at radius 2 is 1.50 bits per heavy atom. The summed E-state index contributed by atoms with van der Waals surface area (Å²) in [6.07, 6.45) is 2.04. The molecule has 0 saturated heterocycles. The van der Waals surface area contributed by atoms with E-state index in [0.29, 0.717) is 0 Å². The molecule has 0 fully saturated rings. The number of nitrogens with zero attached hydrogens (tertiary/aromatic N) is 2. The summed E-state index contributed by atoms with van der Waals surface area (Å²) in [5, 5.41) is 7.21. The van der Waals surface area contributed by atoms with Crippen LogP contribution in [0.4, 0.5) is 0 Å². The molecule has 3 aromatic carbocycles. The van der Waals surface area contributed by atoms with Gasteiger partial charge in [0.15, 0.2) is 0 Å². The SMILES string of the molecule is c1ccc(Cn2ccc(-c3ccc4ccccc4c3)n2)cc1. The average molecular weight is 284 g/mol. The third-order valence-corrected chi connectivity index (χ3v) is 3.87. The summed E-state index contributed by atoms with van der Waals surface area (Å²) in [6.45, 7) is 0.800. The summed E-state index contributed by atoms with van der Waals surface area (Å²) in [5.74, 6) is 0. The molecular weight excluding hydrogens is 268 g/mol. The van der Waals surface area contributed by atoms with Gasteiger partial charge >= 0.3 is 0 Å². The van der Waals surface area contributed by atoms with Crippen molar-refractivity contribution < 1.29 is 0 Å². The topological polar surface area (TPSA) is 17.8 Å². The van der Waals surface area contributed by atoms with Gasteiger partial charge in [-0.05, 0) is 28.5 Å². The summed E-state index contributed by atoms with van der Waals surface area (Å²) >= 11 is 0.